The Balaban J connectivity index is 2.15. The highest BCUT2D eigenvalue weighted by molar-refractivity contribution is 6.06. The van der Waals surface area contributed by atoms with Gasteiger partial charge in [0.2, 0.25) is 0 Å². The van der Waals surface area contributed by atoms with E-state index in [0.717, 1.165) is 0 Å². The molecule has 0 spiro atoms. The molecule has 0 unspecified atom stereocenters. The minimum atomic E-state index is 1.22. The third-order valence-corrected chi connectivity index (χ3v) is 4.42. The maximum atomic E-state index is 2.33. The predicted octanol–water partition coefficient (Wildman–Crippen LogP) is 4.74. The van der Waals surface area contributed by atoms with Crippen LogP contribution in [0.5, 0.6) is 0 Å². The highest BCUT2D eigenvalue weighted by Gasteiger charge is 2.13. The molecule has 0 saturated carbocycles. The van der Waals surface area contributed by atoms with E-state index in [0.29, 0.717) is 0 Å². The van der Waals surface area contributed by atoms with Crippen molar-refractivity contribution in [3.8, 4) is 5.69 Å². The van der Waals surface area contributed by atoms with Gasteiger partial charge in [0, 0.05) is 34.9 Å². The molecule has 0 aliphatic rings. The second-order valence-electron chi connectivity index (χ2n) is 5.74. The van der Waals surface area contributed by atoms with E-state index < -0.39 is 0 Å². The lowest BCUT2D eigenvalue weighted by atomic mass is 10.2. The normalized spacial score (nSPS) is 11.6. The van der Waals surface area contributed by atoms with E-state index in [2.05, 4.69) is 84.6 Å². The van der Waals surface area contributed by atoms with E-state index in [1.165, 1.54) is 38.9 Å². The first-order chi connectivity index (χ1) is 10.2. The molecule has 0 bridgehead atoms. The van der Waals surface area contributed by atoms with Gasteiger partial charge in [-0.1, -0.05) is 24.3 Å². The van der Waals surface area contributed by atoms with Crippen LogP contribution in [0.25, 0.3) is 27.5 Å². The zero-order valence-corrected chi connectivity index (χ0v) is 12.6. The van der Waals surface area contributed by atoms with Crippen molar-refractivity contribution in [1.29, 1.82) is 0 Å². The highest BCUT2D eigenvalue weighted by atomic mass is 15.0. The SMILES string of the molecule is Cc1cc2ccc3c(cc(C)n3-c3ccccc3)c2n1C. The standard InChI is InChI=1S/C19H18N2/c1-13-11-15-9-10-18-17(19(15)20(13)3)12-14(2)21(18)16-7-5-4-6-8-16/h4-12H,1-3H3. The average molecular weight is 274 g/mol. The van der Waals surface area contributed by atoms with Crippen molar-refractivity contribution in [1.82, 2.24) is 9.13 Å². The summed E-state index contributed by atoms with van der Waals surface area (Å²) in [5.41, 5.74) is 6.37. The van der Waals surface area contributed by atoms with Crippen LogP contribution >= 0.6 is 0 Å². The Hall–Kier alpha value is -2.48. The topological polar surface area (TPSA) is 9.86 Å². The maximum absolute atomic E-state index is 2.33. The molecule has 21 heavy (non-hydrogen) atoms. The quantitative estimate of drug-likeness (QED) is 0.474. The first kappa shape index (κ1) is 12.3. The van der Waals surface area contributed by atoms with Crippen molar-refractivity contribution >= 4 is 21.8 Å². The van der Waals surface area contributed by atoms with Gasteiger partial charge in [0.25, 0.3) is 0 Å². The monoisotopic (exact) mass is 274 g/mol. The summed E-state index contributed by atoms with van der Waals surface area (Å²) in [6.45, 7) is 4.33. The second-order valence-corrected chi connectivity index (χ2v) is 5.74. The summed E-state index contributed by atoms with van der Waals surface area (Å²) in [6.07, 6.45) is 0. The molecule has 2 heterocycles. The zero-order chi connectivity index (χ0) is 14.6. The Bertz CT molecular complexity index is 956. The smallest absolute Gasteiger partial charge is 0.0575 e. The molecular formula is C19H18N2. The molecule has 0 saturated heterocycles. The summed E-state index contributed by atoms with van der Waals surface area (Å²) in [6, 6.07) is 19.6. The lowest BCUT2D eigenvalue weighted by molar-refractivity contribution is 0.921. The number of rotatable bonds is 1. The maximum Gasteiger partial charge on any atom is 0.0575 e. The number of aryl methyl sites for hydroxylation is 3. The lowest BCUT2D eigenvalue weighted by Gasteiger charge is -2.08. The fourth-order valence-corrected chi connectivity index (χ4v) is 3.32. The molecule has 4 rings (SSSR count). The molecule has 0 radical (unpaired) electrons. The first-order valence-corrected chi connectivity index (χ1v) is 7.29. The number of nitrogens with zero attached hydrogens (tertiary/aromatic N) is 2. The number of fused-ring (bicyclic) bond motifs is 3. The zero-order valence-electron chi connectivity index (χ0n) is 12.6. The van der Waals surface area contributed by atoms with Gasteiger partial charge in [-0.05, 0) is 44.2 Å². The van der Waals surface area contributed by atoms with E-state index in [1.54, 1.807) is 0 Å². The fourth-order valence-electron chi connectivity index (χ4n) is 3.32. The molecule has 2 heteroatoms. The summed E-state index contributed by atoms with van der Waals surface area (Å²) < 4.78 is 4.61. The summed E-state index contributed by atoms with van der Waals surface area (Å²) in [7, 11) is 2.15. The highest BCUT2D eigenvalue weighted by Crippen LogP contribution is 2.31. The number of aromatic nitrogens is 2. The molecular weight excluding hydrogens is 256 g/mol. The lowest BCUT2D eigenvalue weighted by Crippen LogP contribution is -1.95. The number of benzene rings is 2. The molecule has 4 aromatic rings. The van der Waals surface area contributed by atoms with Crippen molar-refractivity contribution in [3.05, 3.63) is 66.0 Å². The second kappa shape index (κ2) is 4.26. The molecule has 0 aliphatic carbocycles. The Morgan fingerprint density at radius 2 is 1.57 bits per heavy atom. The van der Waals surface area contributed by atoms with Crippen molar-refractivity contribution in [2.75, 3.05) is 0 Å². The van der Waals surface area contributed by atoms with Gasteiger partial charge >= 0.3 is 0 Å². The van der Waals surface area contributed by atoms with Gasteiger partial charge in [0.1, 0.15) is 0 Å². The van der Waals surface area contributed by atoms with Crippen LogP contribution in [0.1, 0.15) is 11.4 Å². The Morgan fingerprint density at radius 1 is 0.810 bits per heavy atom. The molecule has 0 aliphatic heterocycles. The van der Waals surface area contributed by atoms with E-state index in [-0.39, 0.29) is 0 Å². The van der Waals surface area contributed by atoms with Crippen molar-refractivity contribution in [2.24, 2.45) is 7.05 Å². The minimum absolute atomic E-state index is 1.22. The van der Waals surface area contributed by atoms with E-state index in [1.807, 2.05) is 0 Å². The third kappa shape index (κ3) is 1.65. The van der Waals surface area contributed by atoms with Crippen LogP contribution in [0.2, 0.25) is 0 Å². The molecule has 0 N–H and O–H groups in total. The van der Waals surface area contributed by atoms with Gasteiger partial charge in [0.05, 0.1) is 11.0 Å². The molecule has 0 atom stereocenters. The number of hydrogen-bond acceptors (Lipinski definition) is 0. The van der Waals surface area contributed by atoms with Gasteiger partial charge in [-0.25, -0.2) is 0 Å². The van der Waals surface area contributed by atoms with E-state index >= 15 is 0 Å². The molecule has 0 fully saturated rings. The van der Waals surface area contributed by atoms with E-state index in [9.17, 15) is 0 Å². The predicted molar refractivity (Wildman–Crippen MR) is 89.2 cm³/mol. The van der Waals surface area contributed by atoms with Gasteiger partial charge in [-0.15, -0.1) is 0 Å². The average Bonchev–Trinajstić information content (AvgIpc) is 2.97. The Kier molecular flexibility index (Phi) is 2.49. The van der Waals surface area contributed by atoms with Gasteiger partial charge in [0.15, 0.2) is 0 Å². The van der Waals surface area contributed by atoms with Crippen molar-refractivity contribution in [3.63, 3.8) is 0 Å². The van der Waals surface area contributed by atoms with Crippen molar-refractivity contribution in [2.45, 2.75) is 13.8 Å². The minimum Gasteiger partial charge on any atom is -0.347 e. The Morgan fingerprint density at radius 3 is 2.33 bits per heavy atom. The number of hydrogen-bond donors (Lipinski definition) is 0. The van der Waals surface area contributed by atoms with Crippen LogP contribution in [0, 0.1) is 13.8 Å². The van der Waals surface area contributed by atoms with Crippen LogP contribution in [0.4, 0.5) is 0 Å². The molecule has 104 valence electrons. The van der Waals surface area contributed by atoms with Crippen LogP contribution in [-0.4, -0.2) is 9.13 Å². The van der Waals surface area contributed by atoms with Crippen LogP contribution < -0.4 is 0 Å². The molecule has 2 aromatic carbocycles. The van der Waals surface area contributed by atoms with Gasteiger partial charge in [-0.2, -0.15) is 0 Å². The van der Waals surface area contributed by atoms with Crippen LogP contribution in [-0.2, 0) is 7.05 Å². The first-order valence-electron chi connectivity index (χ1n) is 7.29. The molecule has 2 nitrogen and oxygen atoms in total. The van der Waals surface area contributed by atoms with Crippen LogP contribution in [0.15, 0.2) is 54.6 Å². The number of para-hydroxylation sites is 1. The summed E-state index contributed by atoms with van der Waals surface area (Å²) in [4.78, 5) is 0. The molecule has 2 aromatic heterocycles. The summed E-state index contributed by atoms with van der Waals surface area (Å²) >= 11 is 0. The summed E-state index contributed by atoms with van der Waals surface area (Å²) in [5, 5.41) is 2.64. The van der Waals surface area contributed by atoms with Gasteiger partial charge < -0.3 is 9.13 Å². The van der Waals surface area contributed by atoms with Crippen LogP contribution in [0.3, 0.4) is 0 Å². The Labute approximate surface area is 124 Å². The molecule has 0 amide bonds. The third-order valence-electron chi connectivity index (χ3n) is 4.42. The van der Waals surface area contributed by atoms with E-state index in [4.69, 9.17) is 0 Å². The largest absolute Gasteiger partial charge is 0.347 e. The van der Waals surface area contributed by atoms with Gasteiger partial charge in [-0.3, -0.25) is 0 Å². The van der Waals surface area contributed by atoms with Crippen molar-refractivity contribution < 1.29 is 0 Å². The fraction of sp³-hybridized carbons (Fsp3) is 0.158. The summed E-state index contributed by atoms with van der Waals surface area (Å²) in [5.74, 6) is 0.